The van der Waals surface area contributed by atoms with Crippen molar-refractivity contribution in [3.63, 3.8) is 0 Å². The van der Waals surface area contributed by atoms with E-state index in [4.69, 9.17) is 4.42 Å². The van der Waals surface area contributed by atoms with Crippen molar-refractivity contribution >= 4 is 49.8 Å². The molecule has 242 valence electrons. The number of para-hydroxylation sites is 1. The summed E-state index contributed by atoms with van der Waals surface area (Å²) in [5.41, 5.74) is 14.9. The van der Waals surface area contributed by atoms with Gasteiger partial charge in [0.25, 0.3) is 0 Å². The monoisotopic (exact) mass is 653 g/mol. The first-order valence-corrected chi connectivity index (χ1v) is 17.7. The Labute approximate surface area is 297 Å². The fourth-order valence-electron chi connectivity index (χ4n) is 8.30. The van der Waals surface area contributed by atoms with Crippen LogP contribution in [0.2, 0.25) is 0 Å². The van der Waals surface area contributed by atoms with Gasteiger partial charge in [-0.2, -0.15) is 0 Å². The van der Waals surface area contributed by atoms with Crippen molar-refractivity contribution in [1.29, 1.82) is 0 Å². The van der Waals surface area contributed by atoms with Gasteiger partial charge in [0.15, 0.2) is 0 Å². The topological polar surface area (TPSA) is 16.4 Å². The van der Waals surface area contributed by atoms with Crippen LogP contribution in [0.3, 0.4) is 0 Å². The zero-order valence-corrected chi connectivity index (χ0v) is 28.6. The van der Waals surface area contributed by atoms with Gasteiger partial charge in [0, 0.05) is 38.8 Å². The third-order valence-electron chi connectivity index (χ3n) is 10.9. The Hall–Kier alpha value is -6.38. The van der Waals surface area contributed by atoms with Crippen molar-refractivity contribution in [3.05, 3.63) is 187 Å². The van der Waals surface area contributed by atoms with E-state index in [0.717, 1.165) is 33.6 Å². The fourth-order valence-corrected chi connectivity index (χ4v) is 8.30. The number of fused-ring (bicyclic) bond motifs is 8. The van der Waals surface area contributed by atoms with E-state index < -0.39 is 0 Å². The lowest BCUT2D eigenvalue weighted by molar-refractivity contribution is 0.653. The average Bonchev–Trinajstić information content (AvgIpc) is 3.67. The summed E-state index contributed by atoms with van der Waals surface area (Å²) >= 11 is 0. The van der Waals surface area contributed by atoms with Crippen molar-refractivity contribution in [2.24, 2.45) is 0 Å². The number of nitrogens with zero attached hydrogens (tertiary/aromatic N) is 1. The predicted molar refractivity (Wildman–Crippen MR) is 214 cm³/mol. The van der Waals surface area contributed by atoms with Gasteiger partial charge in [-0.3, -0.25) is 0 Å². The number of rotatable bonds is 5. The first-order chi connectivity index (χ1) is 25.0. The molecular formula is C49H35NO. The second-order valence-electron chi connectivity index (χ2n) is 14.1. The maximum Gasteiger partial charge on any atom is 0.143 e. The van der Waals surface area contributed by atoms with Gasteiger partial charge in [0.05, 0.1) is 0 Å². The van der Waals surface area contributed by atoms with Crippen LogP contribution in [-0.2, 0) is 5.41 Å². The molecule has 9 aromatic rings. The first-order valence-electron chi connectivity index (χ1n) is 17.7. The summed E-state index contributed by atoms with van der Waals surface area (Å²) in [6.07, 6.45) is 0. The smallest absolute Gasteiger partial charge is 0.143 e. The third kappa shape index (κ3) is 4.64. The largest absolute Gasteiger partial charge is 0.455 e. The molecule has 0 fully saturated rings. The fraction of sp³-hybridized carbons (Fsp3) is 0.0612. The summed E-state index contributed by atoms with van der Waals surface area (Å²) in [4.78, 5) is 2.40. The second-order valence-corrected chi connectivity index (χ2v) is 14.1. The van der Waals surface area contributed by atoms with Crippen LogP contribution < -0.4 is 4.90 Å². The molecule has 0 aliphatic heterocycles. The van der Waals surface area contributed by atoms with Crippen LogP contribution in [-0.4, -0.2) is 0 Å². The molecule has 0 N–H and O–H groups in total. The molecule has 2 heteroatoms. The molecule has 0 saturated carbocycles. The SMILES string of the molecule is CC1(C)c2cc(N(c3ccc(-c4ccccc4)cc3)c3cccc(-c4cccc5ccccc45)c3)ccc2-c2c1ccc1c2oc2ccccc21. The van der Waals surface area contributed by atoms with Crippen LogP contribution in [0.5, 0.6) is 0 Å². The number of hydrogen-bond donors (Lipinski definition) is 0. The van der Waals surface area contributed by atoms with Crippen LogP contribution in [0.1, 0.15) is 25.0 Å². The van der Waals surface area contributed by atoms with Crippen molar-refractivity contribution in [1.82, 2.24) is 0 Å². The van der Waals surface area contributed by atoms with E-state index in [-0.39, 0.29) is 5.41 Å². The zero-order valence-electron chi connectivity index (χ0n) is 28.6. The summed E-state index contributed by atoms with van der Waals surface area (Å²) in [6.45, 7) is 4.69. The van der Waals surface area contributed by atoms with Crippen LogP contribution in [0.4, 0.5) is 17.1 Å². The summed E-state index contributed by atoms with van der Waals surface area (Å²) in [5.74, 6) is 0. The molecule has 51 heavy (non-hydrogen) atoms. The quantitative estimate of drug-likeness (QED) is 0.184. The number of hydrogen-bond acceptors (Lipinski definition) is 2. The van der Waals surface area contributed by atoms with Crippen molar-refractivity contribution in [2.75, 3.05) is 4.90 Å². The Morgan fingerprint density at radius 2 is 1.10 bits per heavy atom. The number of anilines is 3. The molecule has 1 heterocycles. The lowest BCUT2D eigenvalue weighted by atomic mass is 9.82. The minimum absolute atomic E-state index is 0.207. The molecule has 0 saturated heterocycles. The highest BCUT2D eigenvalue weighted by atomic mass is 16.3. The van der Waals surface area contributed by atoms with Crippen LogP contribution in [0.25, 0.3) is 66.1 Å². The van der Waals surface area contributed by atoms with Crippen LogP contribution in [0, 0.1) is 0 Å². The normalized spacial score (nSPS) is 13.1. The highest BCUT2D eigenvalue weighted by Crippen LogP contribution is 2.54. The van der Waals surface area contributed by atoms with E-state index in [2.05, 4.69) is 189 Å². The van der Waals surface area contributed by atoms with E-state index in [0.29, 0.717) is 0 Å². The highest BCUT2D eigenvalue weighted by Gasteiger charge is 2.38. The summed E-state index contributed by atoms with van der Waals surface area (Å²) in [5, 5.41) is 4.83. The van der Waals surface area contributed by atoms with Gasteiger partial charge in [0.1, 0.15) is 11.2 Å². The summed E-state index contributed by atoms with van der Waals surface area (Å²) in [7, 11) is 0. The Bertz CT molecular complexity index is 2770. The Balaban J connectivity index is 1.15. The van der Waals surface area contributed by atoms with Crippen molar-refractivity contribution in [3.8, 4) is 33.4 Å². The Kier molecular flexibility index (Phi) is 6.56. The van der Waals surface area contributed by atoms with Crippen LogP contribution in [0.15, 0.2) is 180 Å². The number of furan rings is 1. The van der Waals surface area contributed by atoms with E-state index in [1.807, 2.05) is 6.07 Å². The molecule has 0 radical (unpaired) electrons. The van der Waals surface area contributed by atoms with Gasteiger partial charge in [-0.05, 0) is 92.2 Å². The standard InChI is InChI=1S/C49H35NO/c1-49(2)44-29-28-42-41-19-8-9-21-46(41)51-48(42)47(44)43-27-26-38(31-45(43)49)50(36-24-22-33(23-25-36)32-12-4-3-5-13-32)37-17-10-16-35(30-37)40-20-11-15-34-14-6-7-18-39(34)40/h3-31H,1-2H3. The third-order valence-corrected chi connectivity index (χ3v) is 10.9. The van der Waals surface area contributed by atoms with E-state index in [1.54, 1.807) is 0 Å². The lowest BCUT2D eigenvalue weighted by Crippen LogP contribution is -2.16. The number of benzene rings is 8. The molecule has 2 nitrogen and oxygen atoms in total. The molecule has 10 rings (SSSR count). The van der Waals surface area contributed by atoms with Gasteiger partial charge in [0.2, 0.25) is 0 Å². The molecule has 0 atom stereocenters. The molecule has 1 aliphatic rings. The van der Waals surface area contributed by atoms with E-state index in [9.17, 15) is 0 Å². The lowest BCUT2D eigenvalue weighted by Gasteiger charge is -2.28. The van der Waals surface area contributed by atoms with Gasteiger partial charge in [-0.15, -0.1) is 0 Å². The molecule has 8 aromatic carbocycles. The zero-order chi connectivity index (χ0) is 34.1. The van der Waals surface area contributed by atoms with Gasteiger partial charge in [-0.25, -0.2) is 0 Å². The molecule has 1 aliphatic carbocycles. The van der Waals surface area contributed by atoms with E-state index >= 15 is 0 Å². The van der Waals surface area contributed by atoms with Gasteiger partial charge in [-0.1, -0.05) is 147 Å². The minimum atomic E-state index is -0.207. The second kappa shape index (κ2) is 11.3. The average molecular weight is 654 g/mol. The Morgan fingerprint density at radius 1 is 0.431 bits per heavy atom. The molecule has 0 unspecified atom stereocenters. The van der Waals surface area contributed by atoms with Crippen molar-refractivity contribution < 1.29 is 4.42 Å². The van der Waals surface area contributed by atoms with Crippen LogP contribution >= 0.6 is 0 Å². The summed E-state index contributed by atoms with van der Waals surface area (Å²) < 4.78 is 6.58. The Morgan fingerprint density at radius 3 is 1.96 bits per heavy atom. The molecule has 0 amide bonds. The van der Waals surface area contributed by atoms with Gasteiger partial charge >= 0.3 is 0 Å². The highest BCUT2D eigenvalue weighted by molar-refractivity contribution is 6.12. The molecule has 0 bridgehead atoms. The molecule has 1 aromatic heterocycles. The maximum atomic E-state index is 6.58. The first kappa shape index (κ1) is 29.5. The predicted octanol–water partition coefficient (Wildman–Crippen LogP) is 13.8. The van der Waals surface area contributed by atoms with Crippen molar-refractivity contribution in [2.45, 2.75) is 19.3 Å². The summed E-state index contributed by atoms with van der Waals surface area (Å²) in [6, 6.07) is 63.6. The minimum Gasteiger partial charge on any atom is -0.455 e. The molecular weight excluding hydrogens is 619 g/mol. The van der Waals surface area contributed by atoms with Gasteiger partial charge < -0.3 is 9.32 Å². The maximum absolute atomic E-state index is 6.58. The molecule has 0 spiro atoms. The van der Waals surface area contributed by atoms with E-state index in [1.165, 1.54) is 60.7 Å².